The third-order valence-corrected chi connectivity index (χ3v) is 1.89. The summed E-state index contributed by atoms with van der Waals surface area (Å²) in [7, 11) is 0. The minimum absolute atomic E-state index is 0.196. The number of hydrogen-bond donors (Lipinski definition) is 0. The zero-order chi connectivity index (χ0) is 11.1. The highest BCUT2D eigenvalue weighted by atomic mass is 35.5. The molecule has 0 fully saturated rings. The lowest BCUT2D eigenvalue weighted by Crippen LogP contribution is -2.03. The Labute approximate surface area is 93.9 Å². The van der Waals surface area contributed by atoms with E-state index in [2.05, 4.69) is 0 Å². The Bertz CT molecular complexity index is 325. The van der Waals surface area contributed by atoms with Crippen LogP contribution in [0.4, 0.5) is 0 Å². The molecule has 0 aliphatic heterocycles. The number of hydrogen-bond acceptors (Lipinski definition) is 3. The molecule has 1 aromatic rings. The van der Waals surface area contributed by atoms with E-state index in [0.717, 1.165) is 0 Å². The van der Waals surface area contributed by atoms with Gasteiger partial charge in [0.15, 0.2) is 11.5 Å². The molecule has 0 saturated carbocycles. The molecular weight excluding hydrogens is 216 g/mol. The Morgan fingerprint density at radius 1 is 1.27 bits per heavy atom. The average Bonchev–Trinajstić information content (AvgIpc) is 2.20. The fourth-order valence-corrected chi connectivity index (χ4v) is 1.16. The quantitative estimate of drug-likeness (QED) is 0.703. The minimum atomic E-state index is -0.399. The Balaban J connectivity index is 2.55. The highest BCUT2D eigenvalue weighted by Gasteiger charge is 2.03. The van der Waals surface area contributed by atoms with Crippen LogP contribution in [0.5, 0.6) is 11.5 Å². The van der Waals surface area contributed by atoms with Crippen molar-refractivity contribution in [2.75, 3.05) is 13.2 Å². The first kappa shape index (κ1) is 11.9. The lowest BCUT2D eigenvalue weighted by molar-refractivity contribution is -0.112. The maximum Gasteiger partial charge on any atom is 0.225 e. The van der Waals surface area contributed by atoms with Gasteiger partial charge in [0.1, 0.15) is 0 Å². The molecule has 1 rings (SSSR count). The number of benzene rings is 1. The van der Waals surface area contributed by atoms with Crippen molar-refractivity contribution in [1.29, 1.82) is 0 Å². The van der Waals surface area contributed by atoms with Crippen LogP contribution in [-0.4, -0.2) is 18.5 Å². The number of para-hydroxylation sites is 2. The molecule has 0 heterocycles. The van der Waals surface area contributed by atoms with Crippen LogP contribution in [-0.2, 0) is 4.79 Å². The Hall–Kier alpha value is -1.22. The molecule has 0 aromatic heterocycles. The van der Waals surface area contributed by atoms with Crippen molar-refractivity contribution in [2.45, 2.75) is 13.3 Å². The van der Waals surface area contributed by atoms with Crippen molar-refractivity contribution < 1.29 is 14.3 Å². The molecule has 1 aromatic carbocycles. The first-order valence-corrected chi connectivity index (χ1v) is 5.14. The largest absolute Gasteiger partial charge is 0.490 e. The predicted molar refractivity (Wildman–Crippen MR) is 58.6 cm³/mol. The van der Waals surface area contributed by atoms with Gasteiger partial charge in [0.05, 0.1) is 19.6 Å². The summed E-state index contributed by atoms with van der Waals surface area (Å²) in [6.07, 6.45) is 0.196. The lowest BCUT2D eigenvalue weighted by Gasteiger charge is -2.10. The van der Waals surface area contributed by atoms with Gasteiger partial charge in [-0.25, -0.2) is 0 Å². The number of rotatable bonds is 6. The summed E-state index contributed by atoms with van der Waals surface area (Å²) in [6, 6.07) is 7.33. The SMILES string of the molecule is CCOc1ccccc1OCCC(=O)Cl. The Kier molecular flexibility index (Phi) is 4.98. The van der Waals surface area contributed by atoms with E-state index in [9.17, 15) is 4.79 Å². The molecule has 0 saturated heterocycles. The molecule has 0 aliphatic rings. The van der Waals surface area contributed by atoms with Gasteiger partial charge in [-0.05, 0) is 30.7 Å². The second-order valence-corrected chi connectivity index (χ2v) is 3.25. The van der Waals surface area contributed by atoms with Gasteiger partial charge < -0.3 is 9.47 Å². The van der Waals surface area contributed by atoms with E-state index >= 15 is 0 Å². The van der Waals surface area contributed by atoms with Crippen LogP contribution >= 0.6 is 11.6 Å². The van der Waals surface area contributed by atoms with Crippen LogP contribution in [0.2, 0.25) is 0 Å². The molecule has 0 aliphatic carbocycles. The molecular formula is C11H13ClO3. The van der Waals surface area contributed by atoms with E-state index in [-0.39, 0.29) is 13.0 Å². The second kappa shape index (κ2) is 6.30. The molecule has 15 heavy (non-hydrogen) atoms. The summed E-state index contributed by atoms with van der Waals surface area (Å²) < 4.78 is 10.7. The van der Waals surface area contributed by atoms with Crippen LogP contribution in [0.25, 0.3) is 0 Å². The van der Waals surface area contributed by atoms with E-state index in [1.807, 2.05) is 25.1 Å². The third-order valence-electron chi connectivity index (χ3n) is 1.71. The highest BCUT2D eigenvalue weighted by Crippen LogP contribution is 2.26. The van der Waals surface area contributed by atoms with Crippen molar-refractivity contribution in [1.82, 2.24) is 0 Å². The van der Waals surface area contributed by atoms with Gasteiger partial charge in [-0.15, -0.1) is 0 Å². The summed E-state index contributed by atoms with van der Waals surface area (Å²) in [5.74, 6) is 1.32. The molecule has 82 valence electrons. The lowest BCUT2D eigenvalue weighted by atomic mass is 10.3. The maximum absolute atomic E-state index is 10.5. The van der Waals surface area contributed by atoms with Crippen LogP contribution in [0.1, 0.15) is 13.3 Å². The molecule has 0 radical (unpaired) electrons. The summed E-state index contributed by atoms with van der Waals surface area (Å²) in [5, 5.41) is -0.399. The normalized spacial score (nSPS) is 9.73. The molecule has 0 spiro atoms. The van der Waals surface area contributed by atoms with Gasteiger partial charge in [-0.2, -0.15) is 0 Å². The fourth-order valence-electron chi connectivity index (χ4n) is 1.09. The monoisotopic (exact) mass is 228 g/mol. The topological polar surface area (TPSA) is 35.5 Å². The Morgan fingerprint density at radius 2 is 1.87 bits per heavy atom. The number of ether oxygens (including phenoxy) is 2. The number of carbonyl (C=O) groups excluding carboxylic acids is 1. The minimum Gasteiger partial charge on any atom is -0.490 e. The maximum atomic E-state index is 10.5. The summed E-state index contributed by atoms with van der Waals surface area (Å²) in [5.41, 5.74) is 0. The second-order valence-electron chi connectivity index (χ2n) is 2.83. The zero-order valence-electron chi connectivity index (χ0n) is 8.53. The van der Waals surface area contributed by atoms with Gasteiger partial charge in [-0.1, -0.05) is 12.1 Å². The molecule has 4 heteroatoms. The Morgan fingerprint density at radius 3 is 2.40 bits per heavy atom. The van der Waals surface area contributed by atoms with Crippen molar-refractivity contribution in [3.05, 3.63) is 24.3 Å². The van der Waals surface area contributed by atoms with Gasteiger partial charge in [0, 0.05) is 0 Å². The van der Waals surface area contributed by atoms with Crippen molar-refractivity contribution in [3.63, 3.8) is 0 Å². The predicted octanol–water partition coefficient (Wildman–Crippen LogP) is 2.62. The van der Waals surface area contributed by atoms with Crippen molar-refractivity contribution in [2.24, 2.45) is 0 Å². The van der Waals surface area contributed by atoms with Crippen LogP contribution in [0, 0.1) is 0 Å². The van der Waals surface area contributed by atoms with Gasteiger partial charge in [0.2, 0.25) is 5.24 Å². The van der Waals surface area contributed by atoms with E-state index in [0.29, 0.717) is 18.1 Å². The van der Waals surface area contributed by atoms with Crippen molar-refractivity contribution in [3.8, 4) is 11.5 Å². The van der Waals surface area contributed by atoms with Crippen LogP contribution < -0.4 is 9.47 Å². The number of halogens is 1. The van der Waals surface area contributed by atoms with E-state index in [1.54, 1.807) is 6.07 Å². The molecule has 0 bridgehead atoms. The molecule has 0 N–H and O–H groups in total. The summed E-state index contributed by atoms with van der Waals surface area (Å²) >= 11 is 5.19. The summed E-state index contributed by atoms with van der Waals surface area (Å²) in [6.45, 7) is 2.75. The van der Waals surface area contributed by atoms with Gasteiger partial charge >= 0.3 is 0 Å². The molecule has 0 unspecified atom stereocenters. The number of carbonyl (C=O) groups is 1. The first-order valence-electron chi connectivity index (χ1n) is 4.77. The first-order chi connectivity index (χ1) is 7.24. The zero-order valence-corrected chi connectivity index (χ0v) is 9.29. The molecule has 0 amide bonds. The smallest absolute Gasteiger partial charge is 0.225 e. The standard InChI is InChI=1S/C11H13ClO3/c1-2-14-9-5-3-4-6-10(9)15-8-7-11(12)13/h3-6H,2,7-8H2,1H3. The van der Waals surface area contributed by atoms with E-state index in [1.165, 1.54) is 0 Å². The fraction of sp³-hybridized carbons (Fsp3) is 0.364. The van der Waals surface area contributed by atoms with E-state index < -0.39 is 5.24 Å². The third kappa shape index (κ3) is 4.21. The molecule has 3 nitrogen and oxygen atoms in total. The summed E-state index contributed by atoms with van der Waals surface area (Å²) in [4.78, 5) is 10.5. The van der Waals surface area contributed by atoms with Crippen molar-refractivity contribution >= 4 is 16.8 Å². The van der Waals surface area contributed by atoms with Gasteiger partial charge in [0.25, 0.3) is 0 Å². The average molecular weight is 229 g/mol. The van der Waals surface area contributed by atoms with E-state index in [4.69, 9.17) is 21.1 Å². The van der Waals surface area contributed by atoms with Crippen LogP contribution in [0.3, 0.4) is 0 Å². The van der Waals surface area contributed by atoms with Crippen LogP contribution in [0.15, 0.2) is 24.3 Å². The molecule has 0 atom stereocenters. The highest BCUT2D eigenvalue weighted by molar-refractivity contribution is 6.63. The van der Waals surface area contributed by atoms with Gasteiger partial charge in [-0.3, -0.25) is 4.79 Å².